The van der Waals surface area contributed by atoms with Crippen molar-refractivity contribution in [3.8, 4) is 11.5 Å². The summed E-state index contributed by atoms with van der Waals surface area (Å²) in [5.74, 6) is 1.80. The van der Waals surface area contributed by atoms with Crippen molar-refractivity contribution < 1.29 is 9.47 Å². The zero-order valence-corrected chi connectivity index (χ0v) is 13.6. The summed E-state index contributed by atoms with van der Waals surface area (Å²) < 4.78 is 12.8. The molecular formula is C14H17Cl2N3O2. The maximum Gasteiger partial charge on any atom is 0.180 e. The molecule has 2 aromatic rings. The van der Waals surface area contributed by atoms with Crippen LogP contribution in [0.2, 0.25) is 10.2 Å². The number of methoxy groups -OCH3 is 1. The van der Waals surface area contributed by atoms with Crippen LogP contribution in [0.25, 0.3) is 0 Å². The number of aromatic nitrogens is 2. The lowest BCUT2D eigenvalue weighted by Crippen LogP contribution is -2.07. The molecule has 0 aliphatic rings. The summed E-state index contributed by atoms with van der Waals surface area (Å²) >= 11 is 12.2. The van der Waals surface area contributed by atoms with E-state index in [9.17, 15) is 0 Å². The Morgan fingerprint density at radius 1 is 1.33 bits per heavy atom. The van der Waals surface area contributed by atoms with Crippen molar-refractivity contribution in [1.82, 2.24) is 14.9 Å². The zero-order chi connectivity index (χ0) is 15.4. The first-order valence-corrected chi connectivity index (χ1v) is 7.12. The third-order valence-electron chi connectivity index (χ3n) is 3.04. The number of hydrogen-bond acceptors (Lipinski definition) is 4. The average Bonchev–Trinajstić information content (AvgIpc) is 2.77. The summed E-state index contributed by atoms with van der Waals surface area (Å²) in [4.78, 5) is 4.17. The van der Waals surface area contributed by atoms with Crippen molar-refractivity contribution in [3.05, 3.63) is 39.9 Å². The Bertz CT molecular complexity index is 629. The Morgan fingerprint density at radius 3 is 2.67 bits per heavy atom. The van der Waals surface area contributed by atoms with E-state index in [0.717, 1.165) is 5.56 Å². The van der Waals surface area contributed by atoms with E-state index < -0.39 is 0 Å². The number of halogens is 2. The molecule has 1 N–H and O–H groups in total. The number of nitrogens with zero attached hydrogens (tertiary/aromatic N) is 2. The van der Waals surface area contributed by atoms with Gasteiger partial charge in [0.2, 0.25) is 0 Å². The van der Waals surface area contributed by atoms with E-state index in [1.165, 1.54) is 0 Å². The lowest BCUT2D eigenvalue weighted by Gasteiger charge is -2.14. The monoisotopic (exact) mass is 329 g/mol. The van der Waals surface area contributed by atoms with Gasteiger partial charge in [-0.05, 0) is 24.7 Å². The second-order valence-electron chi connectivity index (χ2n) is 4.48. The molecule has 0 fully saturated rings. The molecule has 0 atom stereocenters. The van der Waals surface area contributed by atoms with Gasteiger partial charge >= 0.3 is 0 Å². The minimum absolute atomic E-state index is 0.255. The molecule has 1 aromatic carbocycles. The van der Waals surface area contributed by atoms with Crippen LogP contribution < -0.4 is 14.8 Å². The molecule has 0 bridgehead atoms. The molecule has 0 spiro atoms. The molecule has 0 amide bonds. The molecule has 0 aliphatic heterocycles. The van der Waals surface area contributed by atoms with Crippen LogP contribution in [0.1, 0.15) is 11.4 Å². The smallest absolute Gasteiger partial charge is 0.180 e. The summed E-state index contributed by atoms with van der Waals surface area (Å²) in [5.41, 5.74) is 1.02. The molecular weight excluding hydrogens is 313 g/mol. The van der Waals surface area contributed by atoms with Gasteiger partial charge in [0.25, 0.3) is 0 Å². The normalized spacial score (nSPS) is 10.7. The first kappa shape index (κ1) is 15.9. The molecule has 2 rings (SSSR count). The fourth-order valence-electron chi connectivity index (χ4n) is 1.91. The van der Waals surface area contributed by atoms with Crippen molar-refractivity contribution in [2.45, 2.75) is 13.2 Å². The SMILES string of the molecule is CNCc1cc(Cl)c(OCc2ncc(Cl)n2C)c(OC)c1. The van der Waals surface area contributed by atoms with Crippen LogP contribution in [0.5, 0.6) is 11.5 Å². The molecule has 114 valence electrons. The van der Waals surface area contributed by atoms with Gasteiger partial charge in [0.1, 0.15) is 17.6 Å². The first-order valence-electron chi connectivity index (χ1n) is 6.36. The summed E-state index contributed by atoms with van der Waals surface area (Å²) in [7, 11) is 5.28. The van der Waals surface area contributed by atoms with E-state index in [-0.39, 0.29) is 6.61 Å². The van der Waals surface area contributed by atoms with E-state index >= 15 is 0 Å². The topological polar surface area (TPSA) is 48.3 Å². The van der Waals surface area contributed by atoms with Crippen LogP contribution in [0, 0.1) is 0 Å². The van der Waals surface area contributed by atoms with Crippen molar-refractivity contribution in [3.63, 3.8) is 0 Å². The number of nitrogens with one attached hydrogen (secondary N) is 1. The summed E-state index contributed by atoms with van der Waals surface area (Å²) in [6, 6.07) is 3.74. The second kappa shape index (κ2) is 7.02. The minimum Gasteiger partial charge on any atom is -0.493 e. The maximum absolute atomic E-state index is 6.27. The quantitative estimate of drug-likeness (QED) is 0.884. The van der Waals surface area contributed by atoms with Crippen LogP contribution in [0.15, 0.2) is 18.3 Å². The van der Waals surface area contributed by atoms with Gasteiger partial charge in [-0.1, -0.05) is 23.2 Å². The van der Waals surface area contributed by atoms with Crippen molar-refractivity contribution in [2.75, 3.05) is 14.2 Å². The molecule has 7 heteroatoms. The molecule has 1 aromatic heterocycles. The van der Waals surface area contributed by atoms with Crippen LogP contribution in [-0.4, -0.2) is 23.7 Å². The summed E-state index contributed by atoms with van der Waals surface area (Å²) in [6.07, 6.45) is 1.58. The second-order valence-corrected chi connectivity index (χ2v) is 5.28. The van der Waals surface area contributed by atoms with Crippen molar-refractivity contribution in [2.24, 2.45) is 7.05 Å². The highest BCUT2D eigenvalue weighted by Gasteiger charge is 2.13. The first-order chi connectivity index (χ1) is 10.1. The molecule has 0 unspecified atom stereocenters. The van der Waals surface area contributed by atoms with Gasteiger partial charge in [-0.25, -0.2) is 4.98 Å². The van der Waals surface area contributed by atoms with E-state index in [1.54, 1.807) is 17.9 Å². The average molecular weight is 330 g/mol. The molecule has 0 aliphatic carbocycles. The van der Waals surface area contributed by atoms with Crippen LogP contribution in [0.4, 0.5) is 0 Å². The van der Waals surface area contributed by atoms with Gasteiger partial charge in [-0.2, -0.15) is 0 Å². The lowest BCUT2D eigenvalue weighted by molar-refractivity contribution is 0.273. The highest BCUT2D eigenvalue weighted by Crippen LogP contribution is 2.36. The van der Waals surface area contributed by atoms with Gasteiger partial charge in [0, 0.05) is 13.6 Å². The van der Waals surface area contributed by atoms with E-state index in [4.69, 9.17) is 32.7 Å². The Morgan fingerprint density at radius 2 is 2.10 bits per heavy atom. The Kier molecular flexibility index (Phi) is 5.33. The van der Waals surface area contributed by atoms with E-state index in [2.05, 4.69) is 10.3 Å². The van der Waals surface area contributed by atoms with Crippen molar-refractivity contribution >= 4 is 23.2 Å². The molecule has 0 saturated carbocycles. The minimum atomic E-state index is 0.255. The number of hydrogen-bond donors (Lipinski definition) is 1. The van der Waals surface area contributed by atoms with Gasteiger partial charge in [-0.15, -0.1) is 0 Å². The summed E-state index contributed by atoms with van der Waals surface area (Å²) in [5, 5.41) is 4.12. The predicted molar refractivity (Wildman–Crippen MR) is 83.3 cm³/mol. The fourth-order valence-corrected chi connectivity index (χ4v) is 2.35. The van der Waals surface area contributed by atoms with Crippen LogP contribution >= 0.6 is 23.2 Å². The zero-order valence-electron chi connectivity index (χ0n) is 12.1. The maximum atomic E-state index is 6.27. The number of imidazole rings is 1. The standard InChI is InChI=1S/C14H17Cl2N3O2/c1-17-6-9-4-10(15)14(11(5-9)20-3)21-8-13-18-7-12(16)19(13)2/h4-5,7,17H,6,8H2,1-3H3. The Hall–Kier alpha value is -1.43. The van der Waals surface area contributed by atoms with E-state index in [1.807, 2.05) is 26.2 Å². The largest absolute Gasteiger partial charge is 0.493 e. The Labute approximate surface area is 133 Å². The summed E-state index contributed by atoms with van der Waals surface area (Å²) in [6.45, 7) is 0.954. The van der Waals surface area contributed by atoms with E-state index in [0.29, 0.717) is 34.0 Å². The third-order valence-corrected chi connectivity index (χ3v) is 3.68. The molecule has 0 radical (unpaired) electrons. The van der Waals surface area contributed by atoms with Crippen LogP contribution in [0.3, 0.4) is 0 Å². The van der Waals surface area contributed by atoms with Gasteiger partial charge in [-0.3, -0.25) is 0 Å². The third kappa shape index (κ3) is 3.61. The highest BCUT2D eigenvalue weighted by atomic mass is 35.5. The van der Waals surface area contributed by atoms with Gasteiger partial charge in [0.05, 0.1) is 18.3 Å². The molecule has 5 nitrogen and oxygen atoms in total. The molecule has 0 saturated heterocycles. The fraction of sp³-hybridized carbons (Fsp3) is 0.357. The number of ether oxygens (including phenoxy) is 2. The Balaban J connectivity index is 2.21. The highest BCUT2D eigenvalue weighted by molar-refractivity contribution is 6.32. The molecule has 1 heterocycles. The molecule has 21 heavy (non-hydrogen) atoms. The number of rotatable bonds is 6. The van der Waals surface area contributed by atoms with Crippen LogP contribution in [-0.2, 0) is 20.2 Å². The lowest BCUT2D eigenvalue weighted by atomic mass is 10.2. The number of benzene rings is 1. The van der Waals surface area contributed by atoms with Gasteiger partial charge in [0.15, 0.2) is 11.5 Å². The van der Waals surface area contributed by atoms with Crippen molar-refractivity contribution in [1.29, 1.82) is 0 Å². The van der Waals surface area contributed by atoms with Gasteiger partial charge < -0.3 is 19.4 Å². The predicted octanol–water partition coefficient (Wildman–Crippen LogP) is 3.03.